The van der Waals surface area contributed by atoms with Crippen molar-refractivity contribution in [3.63, 3.8) is 0 Å². The maximum atomic E-state index is 6.80. The van der Waals surface area contributed by atoms with Gasteiger partial charge in [-0.25, -0.2) is 0 Å². The average molecular weight is 885 g/mol. The zero-order valence-corrected chi connectivity index (χ0v) is 36.8. The van der Waals surface area contributed by atoms with Crippen LogP contribution in [0.15, 0.2) is 232 Å². The number of para-hydroxylation sites is 2. The molecule has 0 radical (unpaired) electrons. The first-order valence-electron chi connectivity index (χ1n) is 23.1. The normalized spacial score (nSPS) is 12.1. The number of rotatable bonds is 6. The number of hydrogen-bond donors (Lipinski definition) is 0. The van der Waals surface area contributed by atoms with E-state index in [9.17, 15) is 0 Å². The van der Waals surface area contributed by atoms with Crippen LogP contribution in [0.5, 0.6) is 0 Å². The van der Waals surface area contributed by atoms with Crippen molar-refractivity contribution in [1.82, 2.24) is 9.97 Å². The van der Waals surface area contributed by atoms with E-state index in [-0.39, 0.29) is 0 Å². The highest BCUT2D eigenvalue weighted by Crippen LogP contribution is 2.46. The molecule has 0 aliphatic heterocycles. The Balaban J connectivity index is 0.933. The Labute approximate surface area is 393 Å². The zero-order chi connectivity index (χ0) is 45.2. The molecule has 0 atom stereocenters. The van der Waals surface area contributed by atoms with E-state index in [4.69, 9.17) is 23.2 Å². The molecule has 0 saturated heterocycles. The molecule has 0 aliphatic carbocycles. The molecule has 15 rings (SSSR count). The Hall–Kier alpha value is -9.46. The molecule has 5 heterocycles. The Morgan fingerprint density at radius 2 is 0.623 bits per heavy atom. The predicted molar refractivity (Wildman–Crippen MR) is 283 cm³/mol. The molecule has 0 bridgehead atoms. The van der Waals surface area contributed by atoms with E-state index in [0.29, 0.717) is 23.1 Å². The van der Waals surface area contributed by atoms with Gasteiger partial charge < -0.3 is 13.3 Å². The lowest BCUT2D eigenvalue weighted by atomic mass is 9.99. The van der Waals surface area contributed by atoms with Gasteiger partial charge in [0.15, 0.2) is 0 Å². The third-order valence-electron chi connectivity index (χ3n) is 13.8. The van der Waals surface area contributed by atoms with Gasteiger partial charge in [0.05, 0.1) is 33.5 Å². The second-order valence-corrected chi connectivity index (χ2v) is 17.7. The van der Waals surface area contributed by atoms with Crippen LogP contribution in [0.1, 0.15) is 0 Å². The Morgan fingerprint density at radius 1 is 0.261 bits per heavy atom. The average Bonchev–Trinajstić information content (AvgIpc) is 4.09. The van der Waals surface area contributed by atoms with Crippen LogP contribution >= 0.6 is 0 Å². The van der Waals surface area contributed by atoms with Gasteiger partial charge in [-0.2, -0.15) is 9.97 Å². The van der Waals surface area contributed by atoms with E-state index >= 15 is 0 Å². The molecule has 15 aromatic rings. The standard InChI is InChI=1S/C62H36N4O3/c1-3-15-41-37(13-1)33-53(45-19-7-5-17-43(41)45)65(39-25-27-49-47-21-9-11-23-55(47)67-57(49)35-39)59-31-29-51-52-30-32-60(64-62(52)69-61(51)63-59)66(40-26-28-50-48-22-10-12-24-56(48)68-58(50)36-40)54-34-38-14-2-4-16-42(38)44-18-6-8-20-46(44)54/h1-36H. The van der Waals surface area contributed by atoms with Crippen molar-refractivity contribution in [3.8, 4) is 0 Å². The molecule has 7 nitrogen and oxygen atoms in total. The number of nitrogens with zero attached hydrogens (tertiary/aromatic N) is 4. The van der Waals surface area contributed by atoms with Crippen molar-refractivity contribution >= 4 is 144 Å². The van der Waals surface area contributed by atoms with E-state index in [1.54, 1.807) is 0 Å². The molecule has 0 saturated carbocycles. The number of aromatic nitrogens is 2. The van der Waals surface area contributed by atoms with Crippen molar-refractivity contribution in [2.24, 2.45) is 0 Å². The van der Waals surface area contributed by atoms with E-state index in [1.807, 2.05) is 36.4 Å². The quantitative estimate of drug-likeness (QED) is 0.154. The Morgan fingerprint density at radius 3 is 1.09 bits per heavy atom. The summed E-state index contributed by atoms with van der Waals surface area (Å²) in [4.78, 5) is 15.1. The second kappa shape index (κ2) is 14.5. The van der Waals surface area contributed by atoms with Gasteiger partial charge in [-0.1, -0.05) is 133 Å². The molecule has 322 valence electrons. The maximum absolute atomic E-state index is 6.80. The molecule has 0 unspecified atom stereocenters. The fourth-order valence-corrected chi connectivity index (χ4v) is 10.7. The minimum atomic E-state index is 0.485. The summed E-state index contributed by atoms with van der Waals surface area (Å²) in [6.07, 6.45) is 0. The molecule has 10 aromatic carbocycles. The van der Waals surface area contributed by atoms with Gasteiger partial charge in [-0.05, 0) is 105 Å². The minimum absolute atomic E-state index is 0.485. The van der Waals surface area contributed by atoms with Crippen LogP contribution in [0, 0.1) is 0 Å². The van der Waals surface area contributed by atoms with Crippen LogP contribution in [0.4, 0.5) is 34.4 Å². The van der Waals surface area contributed by atoms with Crippen molar-refractivity contribution in [2.75, 3.05) is 9.80 Å². The number of hydrogen-bond acceptors (Lipinski definition) is 7. The number of fused-ring (bicyclic) bond motifs is 15. The van der Waals surface area contributed by atoms with Crippen molar-refractivity contribution in [3.05, 3.63) is 218 Å². The zero-order valence-electron chi connectivity index (χ0n) is 36.8. The second-order valence-electron chi connectivity index (χ2n) is 17.7. The van der Waals surface area contributed by atoms with Crippen LogP contribution in [0.2, 0.25) is 0 Å². The van der Waals surface area contributed by atoms with Crippen molar-refractivity contribution < 1.29 is 13.3 Å². The topological polar surface area (TPSA) is 71.7 Å². The number of anilines is 6. The third kappa shape index (κ3) is 5.74. The number of furan rings is 3. The highest BCUT2D eigenvalue weighted by atomic mass is 16.3. The van der Waals surface area contributed by atoms with Gasteiger partial charge >= 0.3 is 0 Å². The molecule has 0 amide bonds. The minimum Gasteiger partial charge on any atom is -0.456 e. The Bertz CT molecular complexity index is 4310. The summed E-state index contributed by atoms with van der Waals surface area (Å²) in [7, 11) is 0. The molecule has 0 N–H and O–H groups in total. The summed E-state index contributed by atoms with van der Waals surface area (Å²) in [5.41, 5.74) is 8.06. The largest absolute Gasteiger partial charge is 0.456 e. The fraction of sp³-hybridized carbons (Fsp3) is 0. The van der Waals surface area contributed by atoms with Gasteiger partial charge in [0.2, 0.25) is 11.4 Å². The first-order chi connectivity index (χ1) is 34.2. The van der Waals surface area contributed by atoms with Crippen molar-refractivity contribution in [2.45, 2.75) is 0 Å². The van der Waals surface area contributed by atoms with Gasteiger partial charge in [-0.3, -0.25) is 9.80 Å². The van der Waals surface area contributed by atoms with Crippen LogP contribution < -0.4 is 9.80 Å². The lowest BCUT2D eigenvalue weighted by Crippen LogP contribution is -2.12. The molecule has 0 fully saturated rings. The summed E-state index contributed by atoms with van der Waals surface area (Å²) in [5.74, 6) is 1.39. The molecule has 69 heavy (non-hydrogen) atoms. The van der Waals surface area contributed by atoms with E-state index in [1.165, 1.54) is 10.8 Å². The number of pyridine rings is 2. The summed E-state index contributed by atoms with van der Waals surface area (Å²) in [6.45, 7) is 0. The lowest BCUT2D eigenvalue weighted by molar-refractivity contribution is 0.640. The SMILES string of the molecule is c1ccc2c(c1)cc(N(c1ccc3c(c1)oc1ccccc13)c1ccc3c(n1)oc1nc(N(c4ccc5c(c4)oc4ccccc45)c4cc5ccccc5c5ccccc45)ccc13)c1ccccc12. The molecule has 5 aromatic heterocycles. The van der Waals surface area contributed by atoms with Gasteiger partial charge in [0, 0.05) is 44.5 Å². The van der Waals surface area contributed by atoms with Crippen LogP contribution in [-0.2, 0) is 0 Å². The molecule has 0 aliphatic rings. The van der Waals surface area contributed by atoms with Gasteiger partial charge in [0.1, 0.15) is 34.0 Å². The first kappa shape index (κ1) is 37.7. The molecular formula is C62H36N4O3. The molecule has 0 spiro atoms. The summed E-state index contributed by atoms with van der Waals surface area (Å²) < 4.78 is 19.7. The van der Waals surface area contributed by atoms with E-state index in [0.717, 1.165) is 110 Å². The predicted octanol–water partition coefficient (Wildman–Crippen LogP) is 17.7. The molecule has 7 heteroatoms. The Kier molecular flexibility index (Phi) is 7.94. The van der Waals surface area contributed by atoms with Crippen LogP contribution in [-0.4, -0.2) is 9.97 Å². The number of benzene rings is 10. The smallest absolute Gasteiger partial charge is 0.231 e. The van der Waals surface area contributed by atoms with E-state index in [2.05, 4.69) is 192 Å². The van der Waals surface area contributed by atoms with E-state index < -0.39 is 0 Å². The lowest BCUT2D eigenvalue weighted by Gasteiger charge is -2.26. The maximum Gasteiger partial charge on any atom is 0.231 e. The molecular weight excluding hydrogens is 849 g/mol. The first-order valence-corrected chi connectivity index (χ1v) is 23.1. The highest BCUT2D eigenvalue weighted by molar-refractivity contribution is 6.17. The summed E-state index contributed by atoms with van der Waals surface area (Å²) >= 11 is 0. The van der Waals surface area contributed by atoms with Gasteiger partial charge in [0.25, 0.3) is 0 Å². The van der Waals surface area contributed by atoms with Crippen molar-refractivity contribution in [1.29, 1.82) is 0 Å². The van der Waals surface area contributed by atoms with Gasteiger partial charge in [-0.15, -0.1) is 0 Å². The summed E-state index contributed by atoms with van der Waals surface area (Å²) in [5, 5.41) is 15.2. The fourth-order valence-electron chi connectivity index (χ4n) is 10.7. The van der Waals surface area contributed by atoms with Crippen LogP contribution in [0.25, 0.3) is 109 Å². The highest BCUT2D eigenvalue weighted by Gasteiger charge is 2.24. The third-order valence-corrected chi connectivity index (χ3v) is 13.8. The van der Waals surface area contributed by atoms with Crippen LogP contribution in [0.3, 0.4) is 0 Å². The monoisotopic (exact) mass is 884 g/mol. The summed E-state index contributed by atoms with van der Waals surface area (Å²) in [6, 6.07) is 76.3.